The molecule has 1 aromatic carbocycles. The van der Waals surface area contributed by atoms with Gasteiger partial charge >= 0.3 is 5.97 Å². The average molecular weight is 265 g/mol. The highest BCUT2D eigenvalue weighted by Gasteiger charge is 2.22. The van der Waals surface area contributed by atoms with Crippen LogP contribution in [0.15, 0.2) is 24.3 Å². The van der Waals surface area contributed by atoms with Crippen molar-refractivity contribution >= 4 is 11.9 Å². The molecular weight excluding hydrogens is 246 g/mol. The molecule has 0 aliphatic carbocycles. The van der Waals surface area contributed by atoms with Gasteiger partial charge in [-0.25, -0.2) is 0 Å². The lowest BCUT2D eigenvalue weighted by atomic mass is 9.95. The molecule has 0 saturated heterocycles. The van der Waals surface area contributed by atoms with Gasteiger partial charge < -0.3 is 15.2 Å². The lowest BCUT2D eigenvalue weighted by Gasteiger charge is -2.14. The molecule has 0 aromatic heterocycles. The zero-order valence-corrected chi connectivity index (χ0v) is 11.3. The predicted octanol–water partition coefficient (Wildman–Crippen LogP) is 1.78. The van der Waals surface area contributed by atoms with Crippen molar-refractivity contribution in [3.63, 3.8) is 0 Å². The monoisotopic (exact) mass is 265 g/mol. The fraction of sp³-hybridized carbons (Fsp3) is 0.429. The molecule has 1 atom stereocenters. The van der Waals surface area contributed by atoms with Crippen molar-refractivity contribution in [1.82, 2.24) is 5.32 Å². The summed E-state index contributed by atoms with van der Waals surface area (Å²) in [6.07, 6.45) is -0.0112. The lowest BCUT2D eigenvalue weighted by molar-refractivity contribution is -0.140. The largest absolute Gasteiger partial charge is 0.491 e. The van der Waals surface area contributed by atoms with E-state index >= 15 is 0 Å². The van der Waals surface area contributed by atoms with Gasteiger partial charge in [0.05, 0.1) is 12.0 Å². The van der Waals surface area contributed by atoms with Gasteiger partial charge in [-0.1, -0.05) is 12.1 Å². The van der Waals surface area contributed by atoms with Crippen molar-refractivity contribution in [3.05, 3.63) is 29.8 Å². The molecule has 19 heavy (non-hydrogen) atoms. The summed E-state index contributed by atoms with van der Waals surface area (Å²) in [5, 5.41) is 11.6. The van der Waals surface area contributed by atoms with Gasteiger partial charge in [-0.15, -0.1) is 0 Å². The van der Waals surface area contributed by atoms with Crippen LogP contribution in [0.1, 0.15) is 31.7 Å². The molecule has 1 rings (SSSR count). The minimum absolute atomic E-state index is 0.0620. The highest BCUT2D eigenvalue weighted by atomic mass is 16.5. The summed E-state index contributed by atoms with van der Waals surface area (Å²) < 4.78 is 5.48. The maximum absolute atomic E-state index is 11.3. The Labute approximate surface area is 112 Å². The van der Waals surface area contributed by atoms with Gasteiger partial charge in [-0.05, 0) is 31.5 Å². The second-order valence-electron chi connectivity index (χ2n) is 4.50. The molecule has 0 radical (unpaired) electrons. The van der Waals surface area contributed by atoms with E-state index in [0.717, 1.165) is 0 Å². The third-order valence-corrected chi connectivity index (χ3v) is 2.62. The first-order valence-corrected chi connectivity index (χ1v) is 6.14. The van der Waals surface area contributed by atoms with Crippen LogP contribution in [0.25, 0.3) is 0 Å². The van der Waals surface area contributed by atoms with Crippen LogP contribution in [-0.2, 0) is 9.59 Å². The van der Waals surface area contributed by atoms with Gasteiger partial charge in [0.25, 0.3) is 0 Å². The number of hydrogen-bond acceptors (Lipinski definition) is 3. The van der Waals surface area contributed by atoms with Crippen LogP contribution in [0, 0.1) is 0 Å². The minimum Gasteiger partial charge on any atom is -0.491 e. The number of carbonyl (C=O) groups is 2. The summed E-state index contributed by atoms with van der Waals surface area (Å²) in [5.74, 6) is -1.47. The molecule has 2 N–H and O–H groups in total. The summed E-state index contributed by atoms with van der Waals surface area (Å²) in [7, 11) is 1.49. The number of aliphatic carboxylic acids is 1. The number of carboxylic acids is 1. The molecule has 0 heterocycles. The van der Waals surface area contributed by atoms with Crippen LogP contribution in [-0.4, -0.2) is 30.1 Å². The third kappa shape index (κ3) is 4.62. The number of benzene rings is 1. The lowest BCUT2D eigenvalue weighted by Crippen LogP contribution is -2.24. The Bertz CT molecular complexity index is 439. The molecule has 0 unspecified atom stereocenters. The molecule has 5 heteroatoms. The number of rotatable bonds is 6. The van der Waals surface area contributed by atoms with E-state index in [1.54, 1.807) is 24.3 Å². The van der Waals surface area contributed by atoms with Crippen molar-refractivity contribution in [2.75, 3.05) is 7.05 Å². The second-order valence-corrected chi connectivity index (χ2v) is 4.50. The topological polar surface area (TPSA) is 75.6 Å². The van der Waals surface area contributed by atoms with Gasteiger partial charge in [-0.3, -0.25) is 9.59 Å². The fourth-order valence-electron chi connectivity index (χ4n) is 1.69. The number of amides is 1. The molecule has 1 aromatic rings. The van der Waals surface area contributed by atoms with Gasteiger partial charge in [-0.2, -0.15) is 0 Å². The SMILES string of the molecule is CNC(=O)C[C@H](C(=O)O)c1ccc(OC(C)C)cc1. The number of hydrogen-bond donors (Lipinski definition) is 2. The summed E-state index contributed by atoms with van der Waals surface area (Å²) in [6, 6.07) is 6.79. The van der Waals surface area contributed by atoms with E-state index < -0.39 is 11.9 Å². The maximum Gasteiger partial charge on any atom is 0.311 e. The van der Waals surface area contributed by atoms with Crippen molar-refractivity contribution < 1.29 is 19.4 Å². The number of nitrogens with one attached hydrogen (secondary N) is 1. The maximum atomic E-state index is 11.3. The van der Waals surface area contributed by atoms with Crippen molar-refractivity contribution in [3.8, 4) is 5.75 Å². The zero-order chi connectivity index (χ0) is 14.4. The molecule has 0 bridgehead atoms. The van der Waals surface area contributed by atoms with Crippen LogP contribution in [0.5, 0.6) is 5.75 Å². The molecule has 0 aliphatic heterocycles. The van der Waals surface area contributed by atoms with E-state index in [2.05, 4.69) is 5.32 Å². The van der Waals surface area contributed by atoms with E-state index in [0.29, 0.717) is 11.3 Å². The van der Waals surface area contributed by atoms with Crippen LogP contribution >= 0.6 is 0 Å². The smallest absolute Gasteiger partial charge is 0.311 e. The van der Waals surface area contributed by atoms with E-state index in [9.17, 15) is 14.7 Å². The van der Waals surface area contributed by atoms with E-state index in [1.165, 1.54) is 7.05 Å². The Morgan fingerprint density at radius 3 is 2.26 bits per heavy atom. The highest BCUT2D eigenvalue weighted by Crippen LogP contribution is 2.23. The number of carbonyl (C=O) groups excluding carboxylic acids is 1. The van der Waals surface area contributed by atoms with E-state index in [4.69, 9.17) is 4.74 Å². The first kappa shape index (κ1) is 15.0. The first-order chi connectivity index (χ1) is 8.93. The van der Waals surface area contributed by atoms with Gasteiger partial charge in [0.1, 0.15) is 5.75 Å². The van der Waals surface area contributed by atoms with Crippen molar-refractivity contribution in [2.24, 2.45) is 0 Å². The minimum atomic E-state index is -1.01. The van der Waals surface area contributed by atoms with Crippen LogP contribution < -0.4 is 10.1 Å². The van der Waals surface area contributed by atoms with Crippen LogP contribution in [0.2, 0.25) is 0 Å². The van der Waals surface area contributed by atoms with Crippen LogP contribution in [0.3, 0.4) is 0 Å². The normalized spacial score (nSPS) is 12.0. The standard InChI is InChI=1S/C14H19NO4/c1-9(2)19-11-6-4-10(5-7-11)12(14(17)18)8-13(16)15-3/h4-7,9,12H,8H2,1-3H3,(H,15,16)(H,17,18)/t12-/m0/s1. The molecule has 5 nitrogen and oxygen atoms in total. The highest BCUT2D eigenvalue weighted by molar-refractivity contribution is 5.85. The summed E-state index contributed by atoms with van der Waals surface area (Å²) in [4.78, 5) is 22.5. The van der Waals surface area contributed by atoms with Gasteiger partial charge in [0, 0.05) is 13.5 Å². The Morgan fingerprint density at radius 2 is 1.84 bits per heavy atom. The van der Waals surface area contributed by atoms with E-state index in [1.807, 2.05) is 13.8 Å². The zero-order valence-electron chi connectivity index (χ0n) is 11.3. The van der Waals surface area contributed by atoms with Gasteiger partial charge in [0.2, 0.25) is 5.91 Å². The van der Waals surface area contributed by atoms with Crippen molar-refractivity contribution in [1.29, 1.82) is 0 Å². The molecule has 104 valence electrons. The molecule has 0 fully saturated rings. The Balaban J connectivity index is 2.85. The second kappa shape index (κ2) is 6.78. The first-order valence-electron chi connectivity index (χ1n) is 6.14. The summed E-state index contributed by atoms with van der Waals surface area (Å²) in [5.41, 5.74) is 0.590. The summed E-state index contributed by atoms with van der Waals surface area (Å²) >= 11 is 0. The number of carboxylic acid groups (broad SMARTS) is 1. The Morgan fingerprint density at radius 1 is 1.26 bits per heavy atom. The molecule has 0 saturated carbocycles. The third-order valence-electron chi connectivity index (χ3n) is 2.62. The average Bonchev–Trinajstić information content (AvgIpc) is 2.35. The van der Waals surface area contributed by atoms with Crippen LogP contribution in [0.4, 0.5) is 0 Å². The molecule has 0 aliphatic rings. The molecular formula is C14H19NO4. The molecule has 0 spiro atoms. The Hall–Kier alpha value is -2.04. The molecule has 1 amide bonds. The quantitative estimate of drug-likeness (QED) is 0.822. The Kier molecular flexibility index (Phi) is 5.36. The van der Waals surface area contributed by atoms with E-state index in [-0.39, 0.29) is 18.4 Å². The van der Waals surface area contributed by atoms with Crippen molar-refractivity contribution in [2.45, 2.75) is 32.3 Å². The summed E-state index contributed by atoms with van der Waals surface area (Å²) in [6.45, 7) is 3.83. The predicted molar refractivity (Wildman–Crippen MR) is 71.3 cm³/mol. The number of ether oxygens (including phenoxy) is 1. The fourth-order valence-corrected chi connectivity index (χ4v) is 1.69. The van der Waals surface area contributed by atoms with Gasteiger partial charge in [0.15, 0.2) is 0 Å².